The SMILES string of the molecule is Cc1cccc(OCC2CN(C(=O)N3CCN(S(C)(=O)=O)CC3)CC2c2ccc(Cl)c(Cl)c2)c1. The smallest absolute Gasteiger partial charge is 0.320 e. The van der Waals surface area contributed by atoms with Crippen LogP contribution in [0.1, 0.15) is 17.0 Å². The fourth-order valence-corrected chi connectivity index (χ4v) is 5.77. The van der Waals surface area contributed by atoms with Gasteiger partial charge < -0.3 is 14.5 Å². The Balaban J connectivity index is 1.48. The fraction of sp³-hybridized carbons (Fsp3) is 0.458. The Morgan fingerprint density at radius 3 is 2.38 bits per heavy atom. The summed E-state index contributed by atoms with van der Waals surface area (Å²) in [5.41, 5.74) is 2.14. The molecule has 0 bridgehead atoms. The number of sulfonamides is 1. The van der Waals surface area contributed by atoms with E-state index in [-0.39, 0.29) is 17.9 Å². The summed E-state index contributed by atoms with van der Waals surface area (Å²) in [5.74, 6) is 0.911. The molecule has 184 valence electrons. The lowest BCUT2D eigenvalue weighted by atomic mass is 9.89. The number of carbonyl (C=O) groups is 1. The molecule has 2 unspecified atom stereocenters. The van der Waals surface area contributed by atoms with Crippen LogP contribution in [0.4, 0.5) is 4.79 Å². The van der Waals surface area contributed by atoms with Crippen molar-refractivity contribution in [2.75, 3.05) is 52.1 Å². The molecule has 2 atom stereocenters. The van der Waals surface area contributed by atoms with Crippen molar-refractivity contribution in [3.63, 3.8) is 0 Å². The van der Waals surface area contributed by atoms with Gasteiger partial charge in [-0.25, -0.2) is 13.2 Å². The lowest BCUT2D eigenvalue weighted by Crippen LogP contribution is -2.53. The quantitative estimate of drug-likeness (QED) is 0.589. The first-order valence-corrected chi connectivity index (χ1v) is 13.9. The summed E-state index contributed by atoms with van der Waals surface area (Å²) < 4.78 is 31.1. The summed E-state index contributed by atoms with van der Waals surface area (Å²) >= 11 is 12.4. The van der Waals surface area contributed by atoms with Crippen LogP contribution >= 0.6 is 23.2 Å². The summed E-state index contributed by atoms with van der Waals surface area (Å²) in [6.07, 6.45) is 1.20. The van der Waals surface area contributed by atoms with E-state index in [0.29, 0.717) is 55.9 Å². The van der Waals surface area contributed by atoms with Crippen LogP contribution in [0.3, 0.4) is 0 Å². The molecule has 2 aliphatic heterocycles. The highest BCUT2D eigenvalue weighted by molar-refractivity contribution is 7.88. The number of halogens is 2. The Bertz CT molecular complexity index is 1150. The number of benzene rings is 2. The van der Waals surface area contributed by atoms with Crippen LogP contribution in [0.5, 0.6) is 5.75 Å². The number of carbonyl (C=O) groups excluding carboxylic acids is 1. The predicted molar refractivity (Wildman–Crippen MR) is 134 cm³/mol. The third-order valence-electron chi connectivity index (χ3n) is 6.52. The largest absolute Gasteiger partial charge is 0.493 e. The maximum atomic E-state index is 13.3. The van der Waals surface area contributed by atoms with Crippen LogP contribution in [0.2, 0.25) is 10.0 Å². The number of ether oxygens (including phenoxy) is 1. The van der Waals surface area contributed by atoms with Crippen LogP contribution < -0.4 is 4.74 Å². The molecule has 0 spiro atoms. The number of hydrogen-bond acceptors (Lipinski definition) is 4. The maximum Gasteiger partial charge on any atom is 0.320 e. The number of aryl methyl sites for hydroxylation is 1. The van der Waals surface area contributed by atoms with Gasteiger partial charge in [0, 0.05) is 51.1 Å². The number of rotatable bonds is 5. The third-order valence-corrected chi connectivity index (χ3v) is 8.56. The molecule has 2 aliphatic rings. The van der Waals surface area contributed by atoms with Gasteiger partial charge in [0.05, 0.1) is 22.9 Å². The number of likely N-dealkylation sites (tertiary alicyclic amines) is 1. The minimum absolute atomic E-state index is 0.0424. The van der Waals surface area contributed by atoms with E-state index < -0.39 is 10.0 Å². The Kier molecular flexibility index (Phi) is 7.62. The second-order valence-electron chi connectivity index (χ2n) is 9.00. The molecule has 2 saturated heterocycles. The van der Waals surface area contributed by atoms with Gasteiger partial charge in [0.2, 0.25) is 10.0 Å². The van der Waals surface area contributed by atoms with E-state index in [9.17, 15) is 13.2 Å². The average molecular weight is 526 g/mol. The van der Waals surface area contributed by atoms with Crippen molar-refractivity contribution >= 4 is 39.3 Å². The van der Waals surface area contributed by atoms with Crippen molar-refractivity contribution in [1.29, 1.82) is 0 Å². The van der Waals surface area contributed by atoms with E-state index in [1.165, 1.54) is 10.6 Å². The minimum atomic E-state index is -3.25. The lowest BCUT2D eigenvalue weighted by molar-refractivity contribution is 0.139. The summed E-state index contributed by atoms with van der Waals surface area (Å²) in [5, 5.41) is 0.979. The van der Waals surface area contributed by atoms with Crippen molar-refractivity contribution in [2.24, 2.45) is 5.92 Å². The maximum absolute atomic E-state index is 13.3. The molecular formula is C24H29Cl2N3O4S. The highest BCUT2D eigenvalue weighted by atomic mass is 35.5. The Hall–Kier alpha value is -2.00. The standard InChI is InChI=1S/C24H29Cl2N3O4S/c1-17-4-3-5-20(12-17)33-16-19-14-28(15-21(19)18-6-7-22(25)23(26)13-18)24(30)27-8-10-29(11-9-27)34(2,31)32/h3-7,12-13,19,21H,8-11,14-16H2,1-2H3. The summed E-state index contributed by atoms with van der Waals surface area (Å²) in [4.78, 5) is 16.9. The topological polar surface area (TPSA) is 70.2 Å². The zero-order valence-corrected chi connectivity index (χ0v) is 21.6. The van der Waals surface area contributed by atoms with Crippen LogP contribution in [0.25, 0.3) is 0 Å². The molecule has 2 amide bonds. The highest BCUT2D eigenvalue weighted by Gasteiger charge is 2.39. The van der Waals surface area contributed by atoms with Crippen LogP contribution in [-0.2, 0) is 10.0 Å². The number of piperazine rings is 1. The summed E-state index contributed by atoms with van der Waals surface area (Å²) in [6, 6.07) is 13.4. The third kappa shape index (κ3) is 5.79. The van der Waals surface area contributed by atoms with E-state index in [4.69, 9.17) is 27.9 Å². The van der Waals surface area contributed by atoms with Gasteiger partial charge in [0.25, 0.3) is 0 Å². The Morgan fingerprint density at radius 2 is 1.74 bits per heavy atom. The second-order valence-corrected chi connectivity index (χ2v) is 11.8. The molecule has 10 heteroatoms. The summed E-state index contributed by atoms with van der Waals surface area (Å²) in [7, 11) is -3.25. The molecule has 0 saturated carbocycles. The first-order chi connectivity index (χ1) is 16.1. The predicted octanol–water partition coefficient (Wildman–Crippen LogP) is 4.09. The summed E-state index contributed by atoms with van der Waals surface area (Å²) in [6.45, 7) is 4.94. The van der Waals surface area contributed by atoms with Gasteiger partial charge in [-0.3, -0.25) is 0 Å². The van der Waals surface area contributed by atoms with Gasteiger partial charge in [-0.1, -0.05) is 41.4 Å². The lowest BCUT2D eigenvalue weighted by Gasteiger charge is -2.35. The van der Waals surface area contributed by atoms with Gasteiger partial charge in [-0.05, 0) is 42.3 Å². The van der Waals surface area contributed by atoms with Crippen LogP contribution in [-0.4, -0.2) is 80.7 Å². The molecule has 0 aromatic heterocycles. The van der Waals surface area contributed by atoms with Crippen LogP contribution in [0.15, 0.2) is 42.5 Å². The Morgan fingerprint density at radius 1 is 1.00 bits per heavy atom. The van der Waals surface area contributed by atoms with E-state index in [1.54, 1.807) is 11.0 Å². The minimum Gasteiger partial charge on any atom is -0.493 e. The van der Waals surface area contributed by atoms with Gasteiger partial charge >= 0.3 is 6.03 Å². The molecule has 0 N–H and O–H groups in total. The number of amides is 2. The zero-order chi connectivity index (χ0) is 24.5. The second kappa shape index (κ2) is 10.3. The van der Waals surface area contributed by atoms with E-state index in [0.717, 1.165) is 16.9 Å². The fourth-order valence-electron chi connectivity index (χ4n) is 4.64. The molecule has 2 heterocycles. The Labute approximate surface area is 211 Å². The molecule has 2 aromatic carbocycles. The van der Waals surface area contributed by atoms with Crippen molar-refractivity contribution in [3.8, 4) is 5.75 Å². The van der Waals surface area contributed by atoms with E-state index >= 15 is 0 Å². The van der Waals surface area contributed by atoms with Crippen molar-refractivity contribution in [1.82, 2.24) is 14.1 Å². The van der Waals surface area contributed by atoms with Gasteiger partial charge in [0.1, 0.15) is 5.75 Å². The molecule has 34 heavy (non-hydrogen) atoms. The van der Waals surface area contributed by atoms with Crippen molar-refractivity contribution < 1.29 is 17.9 Å². The van der Waals surface area contributed by atoms with Gasteiger partial charge in [-0.2, -0.15) is 4.31 Å². The number of nitrogens with zero attached hydrogens (tertiary/aromatic N) is 3. The molecule has 4 rings (SSSR count). The monoisotopic (exact) mass is 525 g/mol. The van der Waals surface area contributed by atoms with E-state index in [2.05, 4.69) is 0 Å². The molecule has 0 aliphatic carbocycles. The molecule has 2 fully saturated rings. The number of hydrogen-bond donors (Lipinski definition) is 0. The molecule has 2 aromatic rings. The molecular weight excluding hydrogens is 497 g/mol. The molecule has 7 nitrogen and oxygen atoms in total. The number of urea groups is 1. The van der Waals surface area contributed by atoms with Gasteiger partial charge in [0.15, 0.2) is 0 Å². The van der Waals surface area contributed by atoms with Crippen LogP contribution in [0, 0.1) is 12.8 Å². The normalized spacial score (nSPS) is 21.6. The first kappa shape index (κ1) is 25.1. The van der Waals surface area contributed by atoms with E-state index in [1.807, 2.05) is 48.2 Å². The first-order valence-electron chi connectivity index (χ1n) is 11.2. The molecule has 0 radical (unpaired) electrons. The zero-order valence-electron chi connectivity index (χ0n) is 19.3. The van der Waals surface area contributed by atoms with Gasteiger partial charge in [-0.15, -0.1) is 0 Å². The highest BCUT2D eigenvalue weighted by Crippen LogP contribution is 2.36. The van der Waals surface area contributed by atoms with Crippen molar-refractivity contribution in [3.05, 3.63) is 63.6 Å². The van der Waals surface area contributed by atoms with Crippen molar-refractivity contribution in [2.45, 2.75) is 12.8 Å². The average Bonchev–Trinajstić information content (AvgIpc) is 3.23.